The normalized spacial score (nSPS) is 20.3. The third-order valence-corrected chi connectivity index (χ3v) is 4.59. The average molecular weight is 255 g/mol. The fraction of sp³-hybridized carbons (Fsp3) is 0.471. The van der Waals surface area contributed by atoms with E-state index in [9.17, 15) is 5.11 Å². The first-order valence-corrected chi connectivity index (χ1v) is 7.26. The minimum Gasteiger partial charge on any atom is -0.385 e. The van der Waals surface area contributed by atoms with Crippen LogP contribution in [0.1, 0.15) is 44.6 Å². The lowest BCUT2D eigenvalue weighted by Crippen LogP contribution is -2.33. The van der Waals surface area contributed by atoms with Gasteiger partial charge in [0.1, 0.15) is 0 Å². The molecule has 1 aliphatic rings. The maximum absolute atomic E-state index is 11.1. The number of hydrogen-bond donors (Lipinski definition) is 1. The van der Waals surface area contributed by atoms with E-state index in [2.05, 4.69) is 17.1 Å². The summed E-state index contributed by atoms with van der Waals surface area (Å²) in [7, 11) is 0. The first kappa shape index (κ1) is 12.6. The lowest BCUT2D eigenvalue weighted by atomic mass is 9.73. The molecule has 0 bridgehead atoms. The van der Waals surface area contributed by atoms with Crippen LogP contribution < -0.4 is 0 Å². The molecular formula is C17H21NO. The number of pyridine rings is 1. The van der Waals surface area contributed by atoms with Crippen LogP contribution in [0.4, 0.5) is 0 Å². The minimum absolute atomic E-state index is 0.368. The standard InChI is InChI=1S/C17H21NO/c1-17(19,13-7-3-2-4-8-13)15-10-5-11-16-14(15)9-6-12-18-16/h5-6,9-13,19H,2-4,7-8H2,1H3. The third-order valence-electron chi connectivity index (χ3n) is 4.59. The Labute approximate surface area is 114 Å². The van der Waals surface area contributed by atoms with Gasteiger partial charge in [0.05, 0.1) is 11.1 Å². The molecule has 3 rings (SSSR count). The van der Waals surface area contributed by atoms with E-state index in [0.717, 1.165) is 29.3 Å². The molecular weight excluding hydrogens is 234 g/mol. The molecule has 19 heavy (non-hydrogen) atoms. The van der Waals surface area contributed by atoms with Gasteiger partial charge in [-0.3, -0.25) is 4.98 Å². The van der Waals surface area contributed by atoms with Crippen LogP contribution in [0.2, 0.25) is 0 Å². The van der Waals surface area contributed by atoms with Crippen molar-refractivity contribution in [3.8, 4) is 0 Å². The van der Waals surface area contributed by atoms with Crippen molar-refractivity contribution in [2.45, 2.75) is 44.6 Å². The number of rotatable bonds is 2. The van der Waals surface area contributed by atoms with Gasteiger partial charge in [-0.1, -0.05) is 37.5 Å². The Hall–Kier alpha value is -1.41. The van der Waals surface area contributed by atoms with E-state index >= 15 is 0 Å². The Bertz CT molecular complexity index is 565. The predicted octanol–water partition coefficient (Wildman–Crippen LogP) is 4.02. The number of nitrogens with zero attached hydrogens (tertiary/aromatic N) is 1. The van der Waals surface area contributed by atoms with Crippen molar-refractivity contribution in [2.75, 3.05) is 0 Å². The second-order valence-electron chi connectivity index (χ2n) is 5.86. The van der Waals surface area contributed by atoms with Gasteiger partial charge in [0.15, 0.2) is 0 Å². The van der Waals surface area contributed by atoms with E-state index in [4.69, 9.17) is 0 Å². The summed E-state index contributed by atoms with van der Waals surface area (Å²) in [6.07, 6.45) is 7.85. The van der Waals surface area contributed by atoms with Crippen LogP contribution in [0.25, 0.3) is 10.9 Å². The van der Waals surface area contributed by atoms with Crippen LogP contribution in [-0.2, 0) is 5.60 Å². The molecule has 1 unspecified atom stereocenters. The van der Waals surface area contributed by atoms with E-state index in [-0.39, 0.29) is 0 Å². The zero-order valence-corrected chi connectivity index (χ0v) is 11.5. The fourth-order valence-electron chi connectivity index (χ4n) is 3.43. The van der Waals surface area contributed by atoms with Gasteiger partial charge in [-0.05, 0) is 43.4 Å². The SMILES string of the molecule is CC(O)(c1cccc2ncccc12)C1CCCCC1. The molecule has 1 aromatic heterocycles. The van der Waals surface area contributed by atoms with Gasteiger partial charge in [-0.2, -0.15) is 0 Å². The number of benzene rings is 1. The maximum Gasteiger partial charge on any atom is 0.0903 e. The smallest absolute Gasteiger partial charge is 0.0903 e. The summed E-state index contributed by atoms with van der Waals surface area (Å²) < 4.78 is 0. The zero-order chi connectivity index (χ0) is 13.3. The largest absolute Gasteiger partial charge is 0.385 e. The highest BCUT2D eigenvalue weighted by atomic mass is 16.3. The van der Waals surface area contributed by atoms with Crippen LogP contribution in [-0.4, -0.2) is 10.1 Å². The molecule has 1 aromatic carbocycles. The average Bonchev–Trinajstić information content (AvgIpc) is 2.47. The molecule has 0 radical (unpaired) electrons. The van der Waals surface area contributed by atoms with E-state index in [1.807, 2.05) is 25.1 Å². The quantitative estimate of drug-likeness (QED) is 0.879. The molecule has 0 spiro atoms. The lowest BCUT2D eigenvalue weighted by Gasteiger charge is -2.36. The molecule has 0 aliphatic heterocycles. The summed E-state index contributed by atoms with van der Waals surface area (Å²) in [5, 5.41) is 12.2. The van der Waals surface area contributed by atoms with Crippen molar-refractivity contribution in [3.05, 3.63) is 42.1 Å². The van der Waals surface area contributed by atoms with Crippen molar-refractivity contribution in [2.24, 2.45) is 5.92 Å². The van der Waals surface area contributed by atoms with Crippen molar-refractivity contribution in [1.82, 2.24) is 4.98 Å². The Balaban J connectivity index is 2.07. The van der Waals surface area contributed by atoms with Crippen LogP contribution in [0, 0.1) is 5.92 Å². The second-order valence-corrected chi connectivity index (χ2v) is 5.86. The van der Waals surface area contributed by atoms with Gasteiger partial charge < -0.3 is 5.11 Å². The van der Waals surface area contributed by atoms with Gasteiger partial charge >= 0.3 is 0 Å². The molecule has 0 amide bonds. The molecule has 2 heteroatoms. The molecule has 1 atom stereocenters. The lowest BCUT2D eigenvalue weighted by molar-refractivity contribution is -0.0202. The van der Waals surface area contributed by atoms with E-state index < -0.39 is 5.60 Å². The van der Waals surface area contributed by atoms with Crippen molar-refractivity contribution >= 4 is 10.9 Å². The molecule has 1 aliphatic carbocycles. The summed E-state index contributed by atoms with van der Waals surface area (Å²) in [6, 6.07) is 10.1. The van der Waals surface area contributed by atoms with Crippen LogP contribution in [0.5, 0.6) is 0 Å². The first-order chi connectivity index (χ1) is 9.19. The van der Waals surface area contributed by atoms with E-state index in [1.54, 1.807) is 6.20 Å². The second kappa shape index (κ2) is 4.93. The number of hydrogen-bond acceptors (Lipinski definition) is 2. The Morgan fingerprint density at radius 2 is 1.89 bits per heavy atom. The Morgan fingerprint density at radius 3 is 2.68 bits per heavy atom. The third kappa shape index (κ3) is 2.25. The summed E-state index contributed by atoms with van der Waals surface area (Å²) >= 11 is 0. The highest BCUT2D eigenvalue weighted by Crippen LogP contribution is 2.41. The topological polar surface area (TPSA) is 33.1 Å². The van der Waals surface area contributed by atoms with Gasteiger partial charge in [-0.15, -0.1) is 0 Å². The molecule has 2 nitrogen and oxygen atoms in total. The number of aliphatic hydroxyl groups is 1. The highest BCUT2D eigenvalue weighted by molar-refractivity contribution is 5.82. The minimum atomic E-state index is -0.747. The van der Waals surface area contributed by atoms with Gasteiger partial charge in [0, 0.05) is 11.6 Å². The molecule has 0 saturated heterocycles. The van der Waals surface area contributed by atoms with Gasteiger partial charge in [0.25, 0.3) is 0 Å². The molecule has 2 aromatic rings. The van der Waals surface area contributed by atoms with Crippen molar-refractivity contribution < 1.29 is 5.11 Å². The first-order valence-electron chi connectivity index (χ1n) is 7.26. The number of aromatic nitrogens is 1. The predicted molar refractivity (Wildman–Crippen MR) is 77.9 cm³/mol. The van der Waals surface area contributed by atoms with E-state index in [0.29, 0.717) is 5.92 Å². The summed E-state index contributed by atoms with van der Waals surface area (Å²) in [5.41, 5.74) is 1.25. The van der Waals surface area contributed by atoms with Crippen molar-refractivity contribution in [3.63, 3.8) is 0 Å². The molecule has 1 saturated carbocycles. The fourth-order valence-corrected chi connectivity index (χ4v) is 3.43. The van der Waals surface area contributed by atoms with Crippen LogP contribution in [0.15, 0.2) is 36.5 Å². The Morgan fingerprint density at radius 1 is 1.11 bits per heavy atom. The molecule has 1 fully saturated rings. The summed E-state index contributed by atoms with van der Waals surface area (Å²) in [5.74, 6) is 0.368. The van der Waals surface area contributed by atoms with Gasteiger partial charge in [-0.25, -0.2) is 0 Å². The number of fused-ring (bicyclic) bond motifs is 1. The molecule has 100 valence electrons. The summed E-state index contributed by atoms with van der Waals surface area (Å²) in [4.78, 5) is 4.39. The zero-order valence-electron chi connectivity index (χ0n) is 11.5. The van der Waals surface area contributed by atoms with Crippen LogP contribution >= 0.6 is 0 Å². The maximum atomic E-state index is 11.1. The monoisotopic (exact) mass is 255 g/mol. The van der Waals surface area contributed by atoms with Crippen LogP contribution in [0.3, 0.4) is 0 Å². The Kier molecular flexibility index (Phi) is 3.28. The highest BCUT2D eigenvalue weighted by Gasteiger charge is 2.35. The summed E-state index contributed by atoms with van der Waals surface area (Å²) in [6.45, 7) is 1.98. The van der Waals surface area contributed by atoms with Crippen molar-refractivity contribution in [1.29, 1.82) is 0 Å². The molecule has 1 N–H and O–H groups in total. The molecule has 1 heterocycles. The van der Waals surface area contributed by atoms with E-state index in [1.165, 1.54) is 19.3 Å². The van der Waals surface area contributed by atoms with Gasteiger partial charge in [0.2, 0.25) is 0 Å².